The second-order valence-electron chi connectivity index (χ2n) is 4.24. The summed E-state index contributed by atoms with van der Waals surface area (Å²) in [5.74, 6) is 0.136. The lowest BCUT2D eigenvalue weighted by molar-refractivity contribution is -0.120. The monoisotopic (exact) mass is 238 g/mol. The van der Waals surface area contributed by atoms with Crippen LogP contribution in [0.2, 0.25) is 0 Å². The molecule has 4 heteroatoms. The number of carbonyl (C=O) groups excluding carboxylic acids is 1. The number of nitrogens with one attached hydrogen (secondary N) is 2. The molecule has 1 aliphatic rings. The van der Waals surface area contributed by atoms with Crippen LogP contribution in [0.4, 0.5) is 0 Å². The number of rotatable bonds is 5. The number of hydrogen-bond acceptors (Lipinski definition) is 3. The van der Waals surface area contributed by atoms with Crippen LogP contribution in [-0.2, 0) is 11.2 Å². The van der Waals surface area contributed by atoms with Gasteiger partial charge in [-0.3, -0.25) is 4.79 Å². The third-order valence-corrected chi connectivity index (χ3v) is 3.65. The second-order valence-corrected chi connectivity index (χ2v) is 5.02. The van der Waals surface area contributed by atoms with Gasteiger partial charge in [-0.15, -0.1) is 0 Å². The van der Waals surface area contributed by atoms with Gasteiger partial charge in [-0.1, -0.05) is 0 Å². The van der Waals surface area contributed by atoms with Crippen molar-refractivity contribution in [2.75, 3.05) is 13.1 Å². The lowest BCUT2D eigenvalue weighted by Gasteiger charge is -2.10. The molecule has 0 bridgehead atoms. The molecule has 2 rings (SSSR count). The largest absolute Gasteiger partial charge is 0.356 e. The zero-order chi connectivity index (χ0) is 11.2. The van der Waals surface area contributed by atoms with Crippen molar-refractivity contribution in [3.05, 3.63) is 22.4 Å². The van der Waals surface area contributed by atoms with Crippen molar-refractivity contribution < 1.29 is 4.79 Å². The maximum Gasteiger partial charge on any atom is 0.224 e. The first-order valence-corrected chi connectivity index (χ1v) is 6.80. The van der Waals surface area contributed by atoms with Crippen molar-refractivity contribution in [2.45, 2.75) is 31.7 Å². The van der Waals surface area contributed by atoms with E-state index in [9.17, 15) is 4.79 Å². The van der Waals surface area contributed by atoms with E-state index < -0.39 is 0 Å². The van der Waals surface area contributed by atoms with Gasteiger partial charge in [0.05, 0.1) is 6.42 Å². The van der Waals surface area contributed by atoms with Gasteiger partial charge in [0.15, 0.2) is 0 Å². The molecular weight excluding hydrogens is 220 g/mol. The summed E-state index contributed by atoms with van der Waals surface area (Å²) < 4.78 is 0. The van der Waals surface area contributed by atoms with Crippen molar-refractivity contribution in [1.29, 1.82) is 0 Å². The van der Waals surface area contributed by atoms with E-state index in [1.165, 1.54) is 12.8 Å². The summed E-state index contributed by atoms with van der Waals surface area (Å²) >= 11 is 1.64. The van der Waals surface area contributed by atoms with E-state index in [1.807, 2.05) is 16.8 Å². The first-order chi connectivity index (χ1) is 7.84. The summed E-state index contributed by atoms with van der Waals surface area (Å²) in [6, 6.07) is 2.62. The fourth-order valence-electron chi connectivity index (χ4n) is 2.03. The van der Waals surface area contributed by atoms with Crippen LogP contribution in [0, 0.1) is 0 Å². The number of amides is 1. The topological polar surface area (TPSA) is 41.1 Å². The highest BCUT2D eigenvalue weighted by molar-refractivity contribution is 7.07. The maximum absolute atomic E-state index is 11.6. The molecule has 16 heavy (non-hydrogen) atoms. The minimum Gasteiger partial charge on any atom is -0.356 e. The van der Waals surface area contributed by atoms with Crippen LogP contribution in [0.15, 0.2) is 16.8 Å². The number of hydrogen-bond donors (Lipinski definition) is 2. The van der Waals surface area contributed by atoms with Crippen LogP contribution >= 0.6 is 11.3 Å². The number of carbonyl (C=O) groups is 1. The van der Waals surface area contributed by atoms with Crippen LogP contribution in [0.5, 0.6) is 0 Å². The SMILES string of the molecule is O=C(Cc1ccsc1)NCCC1CCCN1. The molecule has 1 aromatic rings. The Hall–Kier alpha value is -0.870. The molecule has 1 aliphatic heterocycles. The van der Waals surface area contributed by atoms with Gasteiger partial charge in [0, 0.05) is 12.6 Å². The van der Waals surface area contributed by atoms with Gasteiger partial charge >= 0.3 is 0 Å². The van der Waals surface area contributed by atoms with E-state index in [0.29, 0.717) is 12.5 Å². The Bertz CT molecular complexity index is 318. The highest BCUT2D eigenvalue weighted by atomic mass is 32.1. The molecule has 1 fully saturated rings. The second kappa shape index (κ2) is 6.01. The summed E-state index contributed by atoms with van der Waals surface area (Å²) in [4.78, 5) is 11.6. The van der Waals surface area contributed by atoms with Crippen LogP contribution < -0.4 is 10.6 Å². The Labute approximate surface area is 100 Å². The summed E-state index contributed by atoms with van der Waals surface area (Å²) in [6.07, 6.45) is 4.09. The molecule has 88 valence electrons. The van der Waals surface area contributed by atoms with Crippen molar-refractivity contribution >= 4 is 17.2 Å². The summed E-state index contributed by atoms with van der Waals surface area (Å²) in [6.45, 7) is 1.92. The standard InChI is InChI=1S/C12H18N2OS/c15-12(8-10-4-7-16-9-10)14-6-3-11-2-1-5-13-11/h4,7,9,11,13H,1-3,5-6,8H2,(H,14,15). The van der Waals surface area contributed by atoms with Crippen LogP contribution in [0.3, 0.4) is 0 Å². The molecule has 1 unspecified atom stereocenters. The molecule has 0 spiro atoms. The summed E-state index contributed by atoms with van der Waals surface area (Å²) in [5.41, 5.74) is 1.11. The molecule has 0 aromatic carbocycles. The quantitative estimate of drug-likeness (QED) is 0.817. The Kier molecular flexibility index (Phi) is 4.36. The van der Waals surface area contributed by atoms with E-state index in [4.69, 9.17) is 0 Å². The van der Waals surface area contributed by atoms with Crippen LogP contribution in [0.25, 0.3) is 0 Å². The minimum absolute atomic E-state index is 0.136. The third kappa shape index (κ3) is 3.61. The first-order valence-electron chi connectivity index (χ1n) is 5.86. The van der Waals surface area contributed by atoms with Gasteiger partial charge < -0.3 is 10.6 Å². The van der Waals surface area contributed by atoms with E-state index in [2.05, 4.69) is 10.6 Å². The molecule has 1 aromatic heterocycles. The molecule has 1 amide bonds. The van der Waals surface area contributed by atoms with E-state index >= 15 is 0 Å². The fraction of sp³-hybridized carbons (Fsp3) is 0.583. The Morgan fingerprint density at radius 2 is 2.56 bits per heavy atom. The molecule has 1 atom stereocenters. The minimum atomic E-state index is 0.136. The molecule has 2 heterocycles. The number of thiophene rings is 1. The van der Waals surface area contributed by atoms with Gasteiger partial charge in [-0.05, 0) is 48.2 Å². The average molecular weight is 238 g/mol. The molecule has 0 saturated carbocycles. The fourth-order valence-corrected chi connectivity index (χ4v) is 2.70. The van der Waals surface area contributed by atoms with E-state index in [-0.39, 0.29) is 5.91 Å². The van der Waals surface area contributed by atoms with E-state index in [0.717, 1.165) is 25.1 Å². The Morgan fingerprint density at radius 1 is 1.62 bits per heavy atom. The van der Waals surface area contributed by atoms with Gasteiger partial charge in [0.2, 0.25) is 5.91 Å². The molecule has 0 radical (unpaired) electrons. The normalized spacial score (nSPS) is 19.9. The smallest absolute Gasteiger partial charge is 0.224 e. The lowest BCUT2D eigenvalue weighted by Crippen LogP contribution is -2.31. The van der Waals surface area contributed by atoms with Crippen LogP contribution in [-0.4, -0.2) is 25.0 Å². The highest BCUT2D eigenvalue weighted by Crippen LogP contribution is 2.08. The predicted molar refractivity (Wildman–Crippen MR) is 66.7 cm³/mol. The Morgan fingerprint density at radius 3 is 3.25 bits per heavy atom. The molecule has 3 nitrogen and oxygen atoms in total. The highest BCUT2D eigenvalue weighted by Gasteiger charge is 2.13. The maximum atomic E-state index is 11.6. The molecule has 0 aliphatic carbocycles. The molecular formula is C12H18N2OS. The zero-order valence-electron chi connectivity index (χ0n) is 9.37. The lowest BCUT2D eigenvalue weighted by atomic mass is 10.1. The average Bonchev–Trinajstić information content (AvgIpc) is 2.90. The molecule has 1 saturated heterocycles. The molecule has 2 N–H and O–H groups in total. The Balaban J connectivity index is 1.60. The van der Waals surface area contributed by atoms with Crippen molar-refractivity contribution in [3.63, 3.8) is 0 Å². The van der Waals surface area contributed by atoms with Gasteiger partial charge in [-0.2, -0.15) is 11.3 Å². The predicted octanol–water partition coefficient (Wildman–Crippen LogP) is 1.55. The van der Waals surface area contributed by atoms with Crippen molar-refractivity contribution in [3.8, 4) is 0 Å². The van der Waals surface area contributed by atoms with Gasteiger partial charge in [0.1, 0.15) is 0 Å². The van der Waals surface area contributed by atoms with E-state index in [1.54, 1.807) is 11.3 Å². The van der Waals surface area contributed by atoms with Gasteiger partial charge in [-0.25, -0.2) is 0 Å². The first kappa shape index (κ1) is 11.6. The summed E-state index contributed by atoms with van der Waals surface area (Å²) in [7, 11) is 0. The van der Waals surface area contributed by atoms with Gasteiger partial charge in [0.25, 0.3) is 0 Å². The summed E-state index contributed by atoms with van der Waals surface area (Å²) in [5, 5.41) is 10.4. The zero-order valence-corrected chi connectivity index (χ0v) is 10.2. The van der Waals surface area contributed by atoms with Crippen molar-refractivity contribution in [1.82, 2.24) is 10.6 Å². The third-order valence-electron chi connectivity index (χ3n) is 2.92. The van der Waals surface area contributed by atoms with Crippen LogP contribution in [0.1, 0.15) is 24.8 Å². The van der Waals surface area contributed by atoms with Crippen molar-refractivity contribution in [2.24, 2.45) is 0 Å².